The second-order valence-corrected chi connectivity index (χ2v) is 6.94. The third kappa shape index (κ3) is 2.98. The van der Waals surface area contributed by atoms with E-state index >= 15 is 0 Å². The van der Waals surface area contributed by atoms with Crippen LogP contribution in [-0.4, -0.2) is 40.0 Å². The molecular formula is C14H14N2O3S2. The molecule has 1 fully saturated rings. The standard InChI is InChI=1S/C14H14N2O3S2/c17-13(10-3-4-11(21-10)14(18)19)16-6-1-2-9(8-16)12-15-5-7-20-12/h3-5,7,9H,1-2,6,8H2,(H,18,19)/t9-/m0/s1. The van der Waals surface area contributed by atoms with Crippen molar-refractivity contribution in [3.8, 4) is 0 Å². The molecule has 1 aliphatic heterocycles. The highest BCUT2D eigenvalue weighted by Crippen LogP contribution is 2.29. The molecule has 110 valence electrons. The molecule has 0 spiro atoms. The maximum absolute atomic E-state index is 12.5. The molecule has 3 heterocycles. The number of carbonyl (C=O) groups excluding carboxylic acids is 1. The van der Waals surface area contributed by atoms with Gasteiger partial charge in [0, 0.05) is 30.6 Å². The molecule has 1 aliphatic rings. The molecule has 1 saturated heterocycles. The Bertz CT molecular complexity index is 651. The van der Waals surface area contributed by atoms with Crippen LogP contribution in [0.4, 0.5) is 0 Å². The van der Waals surface area contributed by atoms with Crippen molar-refractivity contribution in [2.24, 2.45) is 0 Å². The molecule has 1 amide bonds. The number of amides is 1. The zero-order valence-corrected chi connectivity index (χ0v) is 12.8. The fourth-order valence-electron chi connectivity index (χ4n) is 2.52. The van der Waals surface area contributed by atoms with Crippen molar-refractivity contribution in [3.05, 3.63) is 38.5 Å². The van der Waals surface area contributed by atoms with Gasteiger partial charge in [0.1, 0.15) is 4.88 Å². The van der Waals surface area contributed by atoms with Crippen LogP contribution in [0.15, 0.2) is 23.7 Å². The number of carboxylic acids is 1. The van der Waals surface area contributed by atoms with Crippen molar-refractivity contribution in [1.29, 1.82) is 0 Å². The number of carbonyl (C=O) groups is 2. The number of thiazole rings is 1. The molecule has 1 atom stereocenters. The Labute approximate surface area is 129 Å². The lowest BCUT2D eigenvalue weighted by Crippen LogP contribution is -2.38. The molecule has 0 aromatic carbocycles. The quantitative estimate of drug-likeness (QED) is 0.943. The summed E-state index contributed by atoms with van der Waals surface area (Å²) in [6.45, 7) is 1.38. The number of nitrogens with zero attached hydrogens (tertiary/aromatic N) is 2. The number of carboxylic acid groups (broad SMARTS) is 1. The van der Waals surface area contributed by atoms with Gasteiger partial charge in [-0.25, -0.2) is 9.78 Å². The summed E-state index contributed by atoms with van der Waals surface area (Å²) in [6.07, 6.45) is 3.79. The first-order chi connectivity index (χ1) is 10.1. The van der Waals surface area contributed by atoms with E-state index in [0.29, 0.717) is 17.3 Å². The minimum absolute atomic E-state index is 0.0752. The van der Waals surface area contributed by atoms with E-state index in [0.717, 1.165) is 35.7 Å². The van der Waals surface area contributed by atoms with Gasteiger partial charge >= 0.3 is 5.97 Å². The van der Waals surface area contributed by atoms with E-state index in [9.17, 15) is 9.59 Å². The first-order valence-corrected chi connectivity index (χ1v) is 8.36. The molecular weight excluding hydrogens is 308 g/mol. The predicted molar refractivity (Wildman–Crippen MR) is 81.3 cm³/mol. The summed E-state index contributed by atoms with van der Waals surface area (Å²) in [5, 5.41) is 12.0. The summed E-state index contributed by atoms with van der Waals surface area (Å²) in [7, 11) is 0. The van der Waals surface area contributed by atoms with E-state index in [1.54, 1.807) is 23.6 Å². The lowest BCUT2D eigenvalue weighted by atomic mass is 9.98. The number of thiophene rings is 1. The fraction of sp³-hybridized carbons (Fsp3) is 0.357. The van der Waals surface area contributed by atoms with Crippen LogP contribution in [0.2, 0.25) is 0 Å². The molecule has 5 nitrogen and oxygen atoms in total. The molecule has 0 unspecified atom stereocenters. The van der Waals surface area contributed by atoms with Crippen molar-refractivity contribution in [2.75, 3.05) is 13.1 Å². The van der Waals surface area contributed by atoms with E-state index in [2.05, 4.69) is 4.98 Å². The monoisotopic (exact) mass is 322 g/mol. The number of piperidine rings is 1. The molecule has 0 aliphatic carbocycles. The summed E-state index contributed by atoms with van der Waals surface area (Å²) >= 11 is 2.66. The highest BCUT2D eigenvalue weighted by atomic mass is 32.1. The first-order valence-electron chi connectivity index (χ1n) is 6.67. The Morgan fingerprint density at radius 3 is 2.81 bits per heavy atom. The van der Waals surface area contributed by atoms with Crippen LogP contribution in [0.25, 0.3) is 0 Å². The van der Waals surface area contributed by atoms with Crippen molar-refractivity contribution >= 4 is 34.6 Å². The van der Waals surface area contributed by atoms with Crippen molar-refractivity contribution in [1.82, 2.24) is 9.88 Å². The van der Waals surface area contributed by atoms with Crippen molar-refractivity contribution in [3.63, 3.8) is 0 Å². The largest absolute Gasteiger partial charge is 0.477 e. The van der Waals surface area contributed by atoms with Gasteiger partial charge in [-0.2, -0.15) is 0 Å². The Morgan fingerprint density at radius 2 is 2.14 bits per heavy atom. The van der Waals surface area contributed by atoms with E-state index in [-0.39, 0.29) is 10.8 Å². The third-order valence-corrected chi connectivity index (χ3v) is 5.54. The third-order valence-electron chi connectivity index (χ3n) is 3.54. The maximum atomic E-state index is 12.5. The van der Waals surface area contributed by atoms with Crippen LogP contribution >= 0.6 is 22.7 Å². The average Bonchev–Trinajstić information content (AvgIpc) is 3.18. The minimum atomic E-state index is -0.988. The second kappa shape index (κ2) is 5.95. The molecule has 2 aromatic heterocycles. The highest BCUT2D eigenvalue weighted by Gasteiger charge is 2.27. The van der Waals surface area contributed by atoms with Gasteiger partial charge in [0.15, 0.2) is 0 Å². The van der Waals surface area contributed by atoms with Crippen LogP contribution in [0.1, 0.15) is 43.1 Å². The van der Waals surface area contributed by atoms with E-state index in [1.165, 1.54) is 6.07 Å². The number of aromatic carboxylic acids is 1. The molecule has 0 saturated carbocycles. The SMILES string of the molecule is O=C(O)c1ccc(C(=O)N2CCC[C@H](c3nccs3)C2)s1. The van der Waals surface area contributed by atoms with Gasteiger partial charge in [-0.05, 0) is 25.0 Å². The molecule has 0 radical (unpaired) electrons. The minimum Gasteiger partial charge on any atom is -0.477 e. The lowest BCUT2D eigenvalue weighted by Gasteiger charge is -2.31. The Hall–Kier alpha value is -1.73. The van der Waals surface area contributed by atoms with Gasteiger partial charge in [0.2, 0.25) is 0 Å². The molecule has 0 bridgehead atoms. The molecule has 3 rings (SSSR count). The van der Waals surface area contributed by atoms with Crippen LogP contribution in [-0.2, 0) is 0 Å². The average molecular weight is 322 g/mol. The lowest BCUT2D eigenvalue weighted by molar-refractivity contribution is 0.0698. The Kier molecular flexibility index (Phi) is 4.03. The van der Waals surface area contributed by atoms with E-state index in [4.69, 9.17) is 5.11 Å². The number of hydrogen-bond donors (Lipinski definition) is 1. The predicted octanol–water partition coefficient (Wildman–Crippen LogP) is 2.92. The summed E-state index contributed by atoms with van der Waals surface area (Å²) in [5.41, 5.74) is 0. The first kappa shape index (κ1) is 14.2. The number of likely N-dealkylation sites (tertiary alicyclic amines) is 1. The molecule has 2 aromatic rings. The number of hydrogen-bond acceptors (Lipinski definition) is 5. The Balaban J connectivity index is 1.73. The smallest absolute Gasteiger partial charge is 0.345 e. The topological polar surface area (TPSA) is 70.5 Å². The normalized spacial score (nSPS) is 18.7. The summed E-state index contributed by atoms with van der Waals surface area (Å²) < 4.78 is 0. The Morgan fingerprint density at radius 1 is 1.33 bits per heavy atom. The van der Waals surface area contributed by atoms with Gasteiger partial charge in [0.25, 0.3) is 5.91 Å². The second-order valence-electron chi connectivity index (χ2n) is 4.93. The molecule has 21 heavy (non-hydrogen) atoms. The van der Waals surface area contributed by atoms with Crippen LogP contribution < -0.4 is 0 Å². The van der Waals surface area contributed by atoms with Crippen molar-refractivity contribution in [2.45, 2.75) is 18.8 Å². The number of rotatable bonds is 3. The van der Waals surface area contributed by atoms with Crippen LogP contribution in [0, 0.1) is 0 Å². The highest BCUT2D eigenvalue weighted by molar-refractivity contribution is 7.15. The van der Waals surface area contributed by atoms with Gasteiger partial charge in [-0.15, -0.1) is 22.7 Å². The molecule has 7 heteroatoms. The maximum Gasteiger partial charge on any atom is 0.345 e. The summed E-state index contributed by atoms with van der Waals surface area (Å²) in [4.78, 5) is 30.2. The van der Waals surface area contributed by atoms with Gasteiger partial charge < -0.3 is 10.0 Å². The van der Waals surface area contributed by atoms with Crippen LogP contribution in [0.5, 0.6) is 0 Å². The summed E-state index contributed by atoms with van der Waals surface area (Å²) in [6, 6.07) is 3.09. The van der Waals surface area contributed by atoms with Gasteiger partial charge in [-0.3, -0.25) is 4.79 Å². The zero-order chi connectivity index (χ0) is 14.8. The van der Waals surface area contributed by atoms with Gasteiger partial charge in [0.05, 0.1) is 9.88 Å². The van der Waals surface area contributed by atoms with Gasteiger partial charge in [-0.1, -0.05) is 0 Å². The zero-order valence-electron chi connectivity index (χ0n) is 11.2. The van der Waals surface area contributed by atoms with Crippen LogP contribution in [0.3, 0.4) is 0 Å². The van der Waals surface area contributed by atoms with E-state index < -0.39 is 5.97 Å². The number of aromatic nitrogens is 1. The van der Waals surface area contributed by atoms with E-state index in [1.807, 2.05) is 10.3 Å². The summed E-state index contributed by atoms with van der Waals surface area (Å²) in [5.74, 6) is -0.770. The fourth-order valence-corrected chi connectivity index (χ4v) is 4.10. The van der Waals surface area contributed by atoms with Crippen molar-refractivity contribution < 1.29 is 14.7 Å². The molecule has 1 N–H and O–H groups in total.